The first-order chi connectivity index (χ1) is 8.70. The van der Waals surface area contributed by atoms with Gasteiger partial charge in [0.1, 0.15) is 0 Å². The van der Waals surface area contributed by atoms with Crippen molar-refractivity contribution in [2.75, 3.05) is 6.61 Å². The van der Waals surface area contributed by atoms with E-state index in [2.05, 4.69) is 0 Å². The quantitative estimate of drug-likeness (QED) is 0.842. The maximum atomic E-state index is 13.8. The van der Waals surface area contributed by atoms with Crippen molar-refractivity contribution in [3.05, 3.63) is 29.6 Å². The van der Waals surface area contributed by atoms with Crippen LogP contribution in [-0.2, 0) is 6.42 Å². The molecular weight excluding hydrogens is 229 g/mol. The molecule has 1 fully saturated rings. The fourth-order valence-corrected chi connectivity index (χ4v) is 2.16. The zero-order valence-corrected chi connectivity index (χ0v) is 11.0. The zero-order valence-electron chi connectivity index (χ0n) is 11.0. The Hall–Kier alpha value is -1.09. The summed E-state index contributed by atoms with van der Waals surface area (Å²) in [6.07, 6.45) is 5.25. The van der Waals surface area contributed by atoms with Crippen LogP contribution in [0.2, 0.25) is 0 Å². The molecule has 1 atom stereocenters. The van der Waals surface area contributed by atoms with E-state index in [1.807, 2.05) is 13.0 Å². The third kappa shape index (κ3) is 3.22. The van der Waals surface area contributed by atoms with Gasteiger partial charge in [0.25, 0.3) is 0 Å². The Morgan fingerprint density at radius 2 is 2.22 bits per heavy atom. The molecule has 1 aromatic rings. The van der Waals surface area contributed by atoms with Crippen LogP contribution < -0.4 is 10.5 Å². The molecule has 0 bridgehead atoms. The molecule has 1 saturated carbocycles. The predicted octanol–water partition coefficient (Wildman–Crippen LogP) is 3.28. The highest BCUT2D eigenvalue weighted by atomic mass is 19.1. The molecular formula is C15H22FNO. The Morgan fingerprint density at radius 3 is 2.83 bits per heavy atom. The molecule has 2 rings (SSSR count). The van der Waals surface area contributed by atoms with Crippen molar-refractivity contribution in [3.63, 3.8) is 0 Å². The highest BCUT2D eigenvalue weighted by Gasteiger charge is 2.20. The number of nitrogens with two attached hydrogens (primary N) is 1. The molecule has 2 N–H and O–H groups in total. The van der Waals surface area contributed by atoms with Crippen LogP contribution in [0.15, 0.2) is 18.2 Å². The lowest BCUT2D eigenvalue weighted by Crippen LogP contribution is -2.23. The summed E-state index contributed by atoms with van der Waals surface area (Å²) in [5.41, 5.74) is 6.83. The van der Waals surface area contributed by atoms with Crippen molar-refractivity contribution in [1.29, 1.82) is 0 Å². The lowest BCUT2D eigenvalue weighted by molar-refractivity contribution is 0.174. The second-order valence-electron chi connectivity index (χ2n) is 5.21. The molecule has 1 unspecified atom stereocenters. The molecule has 3 heteroatoms. The van der Waals surface area contributed by atoms with Gasteiger partial charge in [-0.15, -0.1) is 0 Å². The van der Waals surface area contributed by atoms with Crippen LogP contribution in [0.3, 0.4) is 0 Å². The van der Waals surface area contributed by atoms with E-state index >= 15 is 0 Å². The second kappa shape index (κ2) is 6.19. The van der Waals surface area contributed by atoms with Crippen molar-refractivity contribution in [3.8, 4) is 5.75 Å². The lowest BCUT2D eigenvalue weighted by Gasteiger charge is -2.26. The number of ether oxygens (including phenoxy) is 1. The molecule has 1 aliphatic carbocycles. The Bertz CT molecular complexity index is 390. The molecule has 0 heterocycles. The summed E-state index contributed by atoms with van der Waals surface area (Å²) in [6, 6.07) is 5.16. The topological polar surface area (TPSA) is 35.2 Å². The molecule has 0 saturated heterocycles. The molecule has 100 valence electrons. The predicted molar refractivity (Wildman–Crippen MR) is 71.2 cm³/mol. The summed E-state index contributed by atoms with van der Waals surface area (Å²) in [7, 11) is 0. The number of hydrogen-bond acceptors (Lipinski definition) is 2. The summed E-state index contributed by atoms with van der Waals surface area (Å²) < 4.78 is 19.5. The molecule has 1 aliphatic rings. The number of halogens is 1. The van der Waals surface area contributed by atoms with Crippen molar-refractivity contribution >= 4 is 0 Å². The minimum Gasteiger partial charge on any atom is -0.490 e. The summed E-state index contributed by atoms with van der Waals surface area (Å²) in [5, 5.41) is 0. The number of para-hydroxylation sites is 1. The maximum absolute atomic E-state index is 13.8. The maximum Gasteiger partial charge on any atom is 0.165 e. The van der Waals surface area contributed by atoms with Gasteiger partial charge in [0, 0.05) is 6.04 Å². The van der Waals surface area contributed by atoms with E-state index in [4.69, 9.17) is 10.5 Å². The number of benzene rings is 1. The number of hydrogen-bond donors (Lipinski definition) is 1. The monoisotopic (exact) mass is 251 g/mol. The largest absolute Gasteiger partial charge is 0.490 e. The van der Waals surface area contributed by atoms with Gasteiger partial charge in [-0.05, 0) is 43.2 Å². The van der Waals surface area contributed by atoms with Gasteiger partial charge < -0.3 is 10.5 Å². The third-order valence-corrected chi connectivity index (χ3v) is 3.74. The fourth-order valence-electron chi connectivity index (χ4n) is 2.16. The van der Waals surface area contributed by atoms with E-state index in [0.29, 0.717) is 24.7 Å². The van der Waals surface area contributed by atoms with Gasteiger partial charge in [0.15, 0.2) is 11.6 Å². The van der Waals surface area contributed by atoms with E-state index in [9.17, 15) is 4.39 Å². The molecule has 2 nitrogen and oxygen atoms in total. The van der Waals surface area contributed by atoms with Gasteiger partial charge in [-0.25, -0.2) is 4.39 Å². The lowest BCUT2D eigenvalue weighted by atomic mass is 9.86. The van der Waals surface area contributed by atoms with Crippen molar-refractivity contribution < 1.29 is 9.13 Å². The summed E-state index contributed by atoms with van der Waals surface area (Å²) in [4.78, 5) is 0. The first kappa shape index (κ1) is 13.3. The molecule has 18 heavy (non-hydrogen) atoms. The van der Waals surface area contributed by atoms with Gasteiger partial charge in [-0.1, -0.05) is 25.5 Å². The molecule has 0 spiro atoms. The van der Waals surface area contributed by atoms with Gasteiger partial charge >= 0.3 is 0 Å². The van der Waals surface area contributed by atoms with E-state index in [1.165, 1.54) is 25.3 Å². The Balaban J connectivity index is 2.04. The first-order valence-corrected chi connectivity index (χ1v) is 6.86. The van der Waals surface area contributed by atoms with E-state index in [0.717, 1.165) is 12.0 Å². The Morgan fingerprint density at radius 1 is 1.44 bits per heavy atom. The zero-order chi connectivity index (χ0) is 13.0. The molecule has 0 aliphatic heterocycles. The SMILES string of the molecule is CCC(N)Cc1cccc(F)c1OCC1CCC1. The normalized spacial score (nSPS) is 17.3. The van der Waals surface area contributed by atoms with Gasteiger partial charge in [-0.3, -0.25) is 0 Å². The average molecular weight is 251 g/mol. The molecule has 1 aromatic carbocycles. The highest BCUT2D eigenvalue weighted by molar-refractivity contribution is 5.35. The van der Waals surface area contributed by atoms with Crippen LogP contribution in [0.5, 0.6) is 5.75 Å². The summed E-state index contributed by atoms with van der Waals surface area (Å²) in [5.74, 6) is 0.751. The highest BCUT2D eigenvalue weighted by Crippen LogP contribution is 2.29. The molecule has 0 radical (unpaired) electrons. The van der Waals surface area contributed by atoms with Gasteiger partial charge in [0.05, 0.1) is 6.61 Å². The van der Waals surface area contributed by atoms with E-state index in [1.54, 1.807) is 6.07 Å². The van der Waals surface area contributed by atoms with Crippen molar-refractivity contribution in [1.82, 2.24) is 0 Å². The first-order valence-electron chi connectivity index (χ1n) is 6.86. The van der Waals surface area contributed by atoms with Crippen LogP contribution in [0.25, 0.3) is 0 Å². The van der Waals surface area contributed by atoms with Crippen LogP contribution >= 0.6 is 0 Å². The Kier molecular flexibility index (Phi) is 4.59. The fraction of sp³-hybridized carbons (Fsp3) is 0.600. The van der Waals surface area contributed by atoms with Gasteiger partial charge in [-0.2, -0.15) is 0 Å². The standard InChI is InChI=1S/C15H22FNO/c1-2-13(17)9-12-7-4-8-14(16)15(12)18-10-11-5-3-6-11/h4,7-8,11,13H,2-3,5-6,9-10,17H2,1H3. The molecule has 0 aromatic heterocycles. The minimum absolute atomic E-state index is 0.0675. The summed E-state index contributed by atoms with van der Waals surface area (Å²) in [6.45, 7) is 2.67. The third-order valence-electron chi connectivity index (χ3n) is 3.74. The van der Waals surface area contributed by atoms with Crippen LogP contribution in [0.4, 0.5) is 4.39 Å². The van der Waals surface area contributed by atoms with Crippen LogP contribution in [-0.4, -0.2) is 12.6 Å². The number of rotatable bonds is 6. The van der Waals surface area contributed by atoms with Crippen molar-refractivity contribution in [2.24, 2.45) is 11.7 Å². The average Bonchev–Trinajstić information content (AvgIpc) is 2.30. The smallest absolute Gasteiger partial charge is 0.165 e. The van der Waals surface area contributed by atoms with E-state index in [-0.39, 0.29) is 11.9 Å². The van der Waals surface area contributed by atoms with Crippen LogP contribution in [0, 0.1) is 11.7 Å². The van der Waals surface area contributed by atoms with E-state index < -0.39 is 0 Å². The van der Waals surface area contributed by atoms with Crippen molar-refractivity contribution in [2.45, 2.75) is 45.1 Å². The van der Waals surface area contributed by atoms with Crippen LogP contribution in [0.1, 0.15) is 38.2 Å². The minimum atomic E-state index is -0.268. The van der Waals surface area contributed by atoms with Gasteiger partial charge in [0.2, 0.25) is 0 Å². The molecule has 0 amide bonds. The Labute approximate surface area is 108 Å². The second-order valence-corrected chi connectivity index (χ2v) is 5.21. The summed E-state index contributed by atoms with van der Waals surface area (Å²) >= 11 is 0.